The smallest absolute Gasteiger partial charge is 0.333 e. The van der Waals surface area contributed by atoms with Gasteiger partial charge in [-0.3, -0.25) is 4.79 Å². The van der Waals surface area contributed by atoms with Crippen LogP contribution >= 0.6 is 46.4 Å². The number of hydrogen-bond donors (Lipinski definition) is 1. The number of hydrogen-bond acceptors (Lipinski definition) is 3. The minimum atomic E-state index is -0.580. The van der Waals surface area contributed by atoms with Crippen LogP contribution in [0.5, 0.6) is 5.75 Å². The van der Waals surface area contributed by atoms with E-state index in [-0.39, 0.29) is 22.3 Å². The summed E-state index contributed by atoms with van der Waals surface area (Å²) >= 11 is 24.6. The number of benzene rings is 3. The second kappa shape index (κ2) is 9.43. The first-order valence-corrected chi connectivity index (χ1v) is 10.8. The lowest BCUT2D eigenvalue weighted by atomic mass is 10.1. The van der Waals surface area contributed by atoms with E-state index in [1.54, 1.807) is 42.5 Å². The highest BCUT2D eigenvalue weighted by molar-refractivity contribution is 6.37. The van der Waals surface area contributed by atoms with Crippen molar-refractivity contribution in [2.75, 3.05) is 4.90 Å². The monoisotopic (exact) mass is 506 g/mol. The van der Waals surface area contributed by atoms with Crippen LogP contribution in [0.1, 0.15) is 11.1 Å². The number of nitrogens with one attached hydrogen (secondary N) is 1. The Morgan fingerprint density at radius 2 is 1.56 bits per heavy atom. The molecule has 0 aliphatic carbocycles. The lowest BCUT2D eigenvalue weighted by Crippen LogP contribution is -2.30. The number of urea groups is 1. The van der Waals surface area contributed by atoms with Crippen LogP contribution in [0.15, 0.2) is 66.4 Å². The molecular weight excluding hydrogens is 494 g/mol. The molecule has 1 heterocycles. The van der Waals surface area contributed by atoms with Crippen molar-refractivity contribution in [3.05, 3.63) is 97.6 Å². The lowest BCUT2D eigenvalue weighted by Gasteiger charge is -2.12. The number of halogens is 4. The van der Waals surface area contributed by atoms with E-state index in [0.717, 1.165) is 10.5 Å². The predicted octanol–water partition coefficient (Wildman–Crippen LogP) is 6.98. The Labute approximate surface area is 204 Å². The Kier molecular flexibility index (Phi) is 6.63. The van der Waals surface area contributed by atoms with Crippen molar-refractivity contribution >= 4 is 70.1 Å². The maximum absolute atomic E-state index is 12.8. The standard InChI is InChI=1S/C23H14Cl4N2O3/c24-15-6-4-13(5-7-15)12-32-21-18(26)8-14(9-19(21)27)10-20-22(30)29(23(31)28-20)17-3-1-2-16(25)11-17/h1-11H,12H2,(H,28,31)/b20-10+. The molecule has 1 N–H and O–H groups in total. The summed E-state index contributed by atoms with van der Waals surface area (Å²) in [5.74, 6) is -0.208. The third-order valence-corrected chi connectivity index (χ3v) is 5.62. The molecule has 32 heavy (non-hydrogen) atoms. The van der Waals surface area contributed by atoms with Gasteiger partial charge in [-0.1, -0.05) is 64.6 Å². The largest absolute Gasteiger partial charge is 0.486 e. The summed E-state index contributed by atoms with van der Waals surface area (Å²) < 4.78 is 5.76. The number of carbonyl (C=O) groups excluding carboxylic acids is 2. The van der Waals surface area contributed by atoms with Gasteiger partial charge < -0.3 is 10.1 Å². The highest BCUT2D eigenvalue weighted by atomic mass is 35.5. The third kappa shape index (κ3) is 4.87. The van der Waals surface area contributed by atoms with E-state index in [4.69, 9.17) is 51.1 Å². The van der Waals surface area contributed by atoms with Gasteiger partial charge in [0.25, 0.3) is 5.91 Å². The highest BCUT2D eigenvalue weighted by Crippen LogP contribution is 2.36. The summed E-state index contributed by atoms with van der Waals surface area (Å²) in [6.45, 7) is 0.250. The van der Waals surface area contributed by atoms with Gasteiger partial charge >= 0.3 is 6.03 Å². The molecular formula is C23H14Cl4N2O3. The number of carbonyl (C=O) groups is 2. The topological polar surface area (TPSA) is 58.6 Å². The van der Waals surface area contributed by atoms with Gasteiger partial charge in [-0.15, -0.1) is 0 Å². The first-order valence-electron chi connectivity index (χ1n) is 9.31. The van der Waals surface area contributed by atoms with Gasteiger partial charge in [0, 0.05) is 10.0 Å². The Balaban J connectivity index is 1.54. The van der Waals surface area contributed by atoms with Crippen LogP contribution in [0.2, 0.25) is 20.1 Å². The molecule has 162 valence electrons. The van der Waals surface area contributed by atoms with Gasteiger partial charge in [-0.05, 0) is 59.7 Å². The number of nitrogens with zero attached hydrogens (tertiary/aromatic N) is 1. The van der Waals surface area contributed by atoms with Crippen molar-refractivity contribution in [1.29, 1.82) is 0 Å². The molecule has 0 atom stereocenters. The molecule has 0 unspecified atom stereocenters. The highest BCUT2D eigenvalue weighted by Gasteiger charge is 2.35. The van der Waals surface area contributed by atoms with Crippen LogP contribution in [0.3, 0.4) is 0 Å². The first-order chi connectivity index (χ1) is 15.3. The fraction of sp³-hybridized carbons (Fsp3) is 0.0435. The fourth-order valence-electron chi connectivity index (χ4n) is 3.09. The van der Waals surface area contributed by atoms with Crippen molar-refractivity contribution in [2.45, 2.75) is 6.61 Å². The number of anilines is 1. The summed E-state index contributed by atoms with van der Waals surface area (Å²) in [5, 5.41) is 4.12. The second-order valence-electron chi connectivity index (χ2n) is 6.84. The minimum Gasteiger partial charge on any atom is -0.486 e. The maximum atomic E-state index is 12.8. The van der Waals surface area contributed by atoms with E-state index in [0.29, 0.717) is 27.0 Å². The fourth-order valence-corrected chi connectivity index (χ4v) is 4.01. The summed E-state index contributed by atoms with van der Waals surface area (Å²) in [6, 6.07) is 16.3. The average molecular weight is 508 g/mol. The zero-order chi connectivity index (χ0) is 22.8. The number of rotatable bonds is 5. The minimum absolute atomic E-state index is 0.0805. The Bertz CT molecular complexity index is 1220. The normalized spacial score (nSPS) is 14.8. The van der Waals surface area contributed by atoms with E-state index in [2.05, 4.69) is 5.32 Å². The quantitative estimate of drug-likeness (QED) is 0.299. The molecule has 0 bridgehead atoms. The predicted molar refractivity (Wildman–Crippen MR) is 128 cm³/mol. The van der Waals surface area contributed by atoms with E-state index in [9.17, 15) is 9.59 Å². The van der Waals surface area contributed by atoms with Crippen molar-refractivity contribution in [3.8, 4) is 5.75 Å². The summed E-state index contributed by atoms with van der Waals surface area (Å²) in [7, 11) is 0. The molecule has 1 fully saturated rings. The van der Waals surface area contributed by atoms with Crippen LogP contribution < -0.4 is 15.0 Å². The Morgan fingerprint density at radius 1 is 0.875 bits per heavy atom. The van der Waals surface area contributed by atoms with Crippen molar-refractivity contribution in [3.63, 3.8) is 0 Å². The van der Waals surface area contributed by atoms with E-state index >= 15 is 0 Å². The number of imide groups is 1. The molecule has 4 rings (SSSR count). The molecule has 3 amide bonds. The molecule has 0 aromatic heterocycles. The van der Waals surface area contributed by atoms with Crippen LogP contribution in [0.4, 0.5) is 10.5 Å². The molecule has 3 aromatic rings. The molecule has 0 spiro atoms. The zero-order valence-electron chi connectivity index (χ0n) is 16.2. The number of amides is 3. The molecule has 3 aromatic carbocycles. The SMILES string of the molecule is O=C1N/C(=C/c2cc(Cl)c(OCc3ccc(Cl)cc3)c(Cl)c2)C(=O)N1c1cccc(Cl)c1. The molecule has 1 aliphatic heterocycles. The Hall–Kier alpha value is -2.70. The molecule has 5 nitrogen and oxygen atoms in total. The summed E-state index contributed by atoms with van der Waals surface area (Å²) in [4.78, 5) is 26.1. The van der Waals surface area contributed by atoms with E-state index < -0.39 is 11.9 Å². The molecule has 0 radical (unpaired) electrons. The third-order valence-electron chi connectivity index (χ3n) is 4.57. The van der Waals surface area contributed by atoms with Crippen LogP contribution in [0, 0.1) is 0 Å². The molecule has 1 aliphatic rings. The van der Waals surface area contributed by atoms with Crippen LogP contribution in [-0.2, 0) is 11.4 Å². The lowest BCUT2D eigenvalue weighted by molar-refractivity contribution is -0.113. The summed E-state index contributed by atoms with van der Waals surface area (Å²) in [6.07, 6.45) is 1.49. The second-order valence-corrected chi connectivity index (χ2v) is 8.52. The molecule has 1 saturated heterocycles. The van der Waals surface area contributed by atoms with Gasteiger partial charge in [0.05, 0.1) is 15.7 Å². The first kappa shape index (κ1) is 22.5. The van der Waals surface area contributed by atoms with Gasteiger partial charge in [0.15, 0.2) is 5.75 Å². The van der Waals surface area contributed by atoms with Crippen molar-refractivity contribution in [1.82, 2.24) is 5.32 Å². The zero-order valence-corrected chi connectivity index (χ0v) is 19.3. The Morgan fingerprint density at radius 3 is 2.22 bits per heavy atom. The number of ether oxygens (including phenoxy) is 1. The van der Waals surface area contributed by atoms with Gasteiger partial charge in [-0.2, -0.15) is 0 Å². The van der Waals surface area contributed by atoms with Crippen molar-refractivity contribution < 1.29 is 14.3 Å². The summed E-state index contributed by atoms with van der Waals surface area (Å²) in [5.41, 5.74) is 1.87. The molecule has 0 saturated carbocycles. The van der Waals surface area contributed by atoms with Gasteiger partial charge in [-0.25, -0.2) is 9.69 Å². The van der Waals surface area contributed by atoms with Gasteiger partial charge in [0.1, 0.15) is 12.3 Å². The van der Waals surface area contributed by atoms with E-state index in [1.807, 2.05) is 12.1 Å². The molecule has 9 heteroatoms. The van der Waals surface area contributed by atoms with Gasteiger partial charge in [0.2, 0.25) is 0 Å². The maximum Gasteiger partial charge on any atom is 0.333 e. The van der Waals surface area contributed by atoms with Crippen molar-refractivity contribution in [2.24, 2.45) is 0 Å². The van der Waals surface area contributed by atoms with Crippen LogP contribution in [-0.4, -0.2) is 11.9 Å². The van der Waals surface area contributed by atoms with E-state index in [1.165, 1.54) is 12.1 Å². The van der Waals surface area contributed by atoms with Crippen LogP contribution in [0.25, 0.3) is 6.08 Å². The average Bonchev–Trinajstić information content (AvgIpc) is 3.01.